The Labute approximate surface area is 80.3 Å². The molecule has 0 unspecified atom stereocenters. The first-order valence-corrected chi connectivity index (χ1v) is 4.59. The average molecular weight is 233 g/mol. The highest BCUT2D eigenvalue weighted by molar-refractivity contribution is 9.10. The summed E-state index contributed by atoms with van der Waals surface area (Å²) in [6, 6.07) is 5.74. The lowest BCUT2D eigenvalue weighted by atomic mass is 10.3. The molecule has 0 aliphatic carbocycles. The van der Waals surface area contributed by atoms with Crippen molar-refractivity contribution in [2.45, 2.75) is 11.8 Å². The summed E-state index contributed by atoms with van der Waals surface area (Å²) in [5.74, 6) is 0.832. The predicted molar refractivity (Wildman–Crippen MR) is 52.6 cm³/mol. The smallest absolute Gasteiger partial charge is 0.132 e. The number of ether oxygens (including phenoxy) is 1. The molecule has 0 radical (unpaired) electrons. The molecule has 11 heavy (non-hydrogen) atoms. The molecule has 0 amide bonds. The van der Waals surface area contributed by atoms with Crippen LogP contribution in [0, 0.1) is 0 Å². The Bertz CT molecular complexity index is 250. The lowest BCUT2D eigenvalue weighted by molar-refractivity contribution is 0.332. The average Bonchev–Trinajstić information content (AvgIpc) is 1.95. The van der Waals surface area contributed by atoms with Gasteiger partial charge in [0, 0.05) is 9.37 Å². The zero-order valence-electron chi connectivity index (χ0n) is 6.17. The van der Waals surface area contributed by atoms with E-state index in [0.717, 1.165) is 15.1 Å². The van der Waals surface area contributed by atoms with Gasteiger partial charge in [-0.15, -0.1) is 12.6 Å². The van der Waals surface area contributed by atoms with E-state index >= 15 is 0 Å². The van der Waals surface area contributed by atoms with Crippen LogP contribution in [-0.2, 0) is 0 Å². The van der Waals surface area contributed by atoms with Gasteiger partial charge in [-0.25, -0.2) is 0 Å². The van der Waals surface area contributed by atoms with Crippen LogP contribution in [0.25, 0.3) is 0 Å². The number of hydrogen-bond donors (Lipinski definition) is 1. The maximum absolute atomic E-state index is 5.29. The number of benzene rings is 1. The van der Waals surface area contributed by atoms with Gasteiger partial charge >= 0.3 is 0 Å². The molecule has 0 aliphatic rings. The largest absolute Gasteiger partial charge is 0.493 e. The minimum Gasteiger partial charge on any atom is -0.493 e. The van der Waals surface area contributed by atoms with Gasteiger partial charge in [-0.2, -0.15) is 0 Å². The first-order valence-electron chi connectivity index (χ1n) is 3.35. The molecule has 1 rings (SSSR count). The van der Waals surface area contributed by atoms with E-state index in [0.29, 0.717) is 6.61 Å². The zero-order valence-corrected chi connectivity index (χ0v) is 8.65. The summed E-state index contributed by atoms with van der Waals surface area (Å²) in [4.78, 5) is 0.862. The lowest BCUT2D eigenvalue weighted by Crippen LogP contribution is -1.91. The Morgan fingerprint density at radius 1 is 1.55 bits per heavy atom. The van der Waals surface area contributed by atoms with Crippen LogP contribution in [0.15, 0.2) is 27.6 Å². The molecule has 0 aliphatic heterocycles. The summed E-state index contributed by atoms with van der Waals surface area (Å²) in [5, 5.41) is 0. The monoisotopic (exact) mass is 232 g/mol. The van der Waals surface area contributed by atoms with Crippen molar-refractivity contribution in [3.63, 3.8) is 0 Å². The van der Waals surface area contributed by atoms with Crippen molar-refractivity contribution in [1.29, 1.82) is 0 Å². The molecule has 0 atom stereocenters. The van der Waals surface area contributed by atoms with Crippen molar-refractivity contribution in [2.24, 2.45) is 0 Å². The maximum Gasteiger partial charge on any atom is 0.132 e. The molecular weight excluding hydrogens is 224 g/mol. The molecule has 0 spiro atoms. The molecule has 1 nitrogen and oxygen atoms in total. The fourth-order valence-electron chi connectivity index (χ4n) is 0.768. The standard InChI is InChI=1S/C8H9BrOS/c1-2-10-7-4-3-6(9)5-8(7)11/h3-5,11H,2H2,1H3. The first-order chi connectivity index (χ1) is 5.24. The summed E-state index contributed by atoms with van der Waals surface area (Å²) < 4.78 is 6.31. The Morgan fingerprint density at radius 2 is 2.27 bits per heavy atom. The Kier molecular flexibility index (Phi) is 3.27. The van der Waals surface area contributed by atoms with Gasteiger partial charge in [0.25, 0.3) is 0 Å². The van der Waals surface area contributed by atoms with E-state index in [1.807, 2.05) is 25.1 Å². The SMILES string of the molecule is CCOc1ccc(Br)cc1S. The molecular formula is C8H9BrOS. The highest BCUT2D eigenvalue weighted by Crippen LogP contribution is 2.25. The molecule has 60 valence electrons. The lowest BCUT2D eigenvalue weighted by Gasteiger charge is -2.05. The predicted octanol–water partition coefficient (Wildman–Crippen LogP) is 3.14. The van der Waals surface area contributed by atoms with Crippen LogP contribution in [0.3, 0.4) is 0 Å². The van der Waals surface area contributed by atoms with Crippen molar-refractivity contribution in [2.75, 3.05) is 6.61 Å². The number of rotatable bonds is 2. The van der Waals surface area contributed by atoms with E-state index < -0.39 is 0 Å². The summed E-state index contributed by atoms with van der Waals surface area (Å²) in [6.45, 7) is 2.63. The van der Waals surface area contributed by atoms with Crippen LogP contribution in [-0.4, -0.2) is 6.61 Å². The number of halogens is 1. The van der Waals surface area contributed by atoms with Crippen molar-refractivity contribution < 1.29 is 4.74 Å². The molecule has 1 aromatic rings. The summed E-state index contributed by atoms with van der Waals surface area (Å²) in [5.41, 5.74) is 0. The molecule has 0 N–H and O–H groups in total. The highest BCUT2D eigenvalue weighted by atomic mass is 79.9. The van der Waals surface area contributed by atoms with Gasteiger partial charge in [0.1, 0.15) is 5.75 Å². The molecule has 0 aromatic heterocycles. The van der Waals surface area contributed by atoms with E-state index in [-0.39, 0.29) is 0 Å². The highest BCUT2D eigenvalue weighted by Gasteiger charge is 1.98. The molecule has 0 fully saturated rings. The van der Waals surface area contributed by atoms with Crippen LogP contribution >= 0.6 is 28.6 Å². The first kappa shape index (κ1) is 8.94. The van der Waals surface area contributed by atoms with Crippen molar-refractivity contribution in [3.8, 4) is 5.75 Å². The second-order valence-electron chi connectivity index (χ2n) is 2.05. The Balaban J connectivity index is 2.90. The fraction of sp³-hybridized carbons (Fsp3) is 0.250. The molecule has 3 heteroatoms. The third kappa shape index (κ3) is 2.42. The van der Waals surface area contributed by atoms with Gasteiger partial charge in [-0.05, 0) is 25.1 Å². The third-order valence-electron chi connectivity index (χ3n) is 1.22. The second-order valence-corrected chi connectivity index (χ2v) is 3.44. The van der Waals surface area contributed by atoms with Crippen LogP contribution in [0.1, 0.15) is 6.92 Å². The van der Waals surface area contributed by atoms with E-state index in [1.54, 1.807) is 0 Å². The fourth-order valence-corrected chi connectivity index (χ4v) is 1.58. The minimum absolute atomic E-state index is 0.676. The topological polar surface area (TPSA) is 9.23 Å². The Hall–Kier alpha value is -0.150. The van der Waals surface area contributed by atoms with Crippen LogP contribution in [0.2, 0.25) is 0 Å². The molecule has 0 heterocycles. The van der Waals surface area contributed by atoms with E-state index in [9.17, 15) is 0 Å². The van der Waals surface area contributed by atoms with Gasteiger partial charge in [0.2, 0.25) is 0 Å². The normalized spacial score (nSPS) is 9.73. The van der Waals surface area contributed by atoms with Crippen LogP contribution < -0.4 is 4.74 Å². The van der Waals surface area contributed by atoms with Crippen molar-refractivity contribution >= 4 is 28.6 Å². The van der Waals surface area contributed by atoms with E-state index in [1.165, 1.54) is 0 Å². The summed E-state index contributed by atoms with van der Waals surface area (Å²) in [6.07, 6.45) is 0. The van der Waals surface area contributed by atoms with Crippen molar-refractivity contribution in [1.82, 2.24) is 0 Å². The van der Waals surface area contributed by atoms with Gasteiger partial charge < -0.3 is 4.74 Å². The van der Waals surface area contributed by atoms with Crippen LogP contribution in [0.5, 0.6) is 5.75 Å². The minimum atomic E-state index is 0.676. The Morgan fingerprint density at radius 3 is 2.82 bits per heavy atom. The van der Waals surface area contributed by atoms with Gasteiger partial charge in [-0.3, -0.25) is 0 Å². The quantitative estimate of drug-likeness (QED) is 0.772. The zero-order chi connectivity index (χ0) is 8.27. The third-order valence-corrected chi connectivity index (χ3v) is 2.06. The molecule has 1 aromatic carbocycles. The van der Waals surface area contributed by atoms with E-state index in [2.05, 4.69) is 28.6 Å². The number of thiol groups is 1. The van der Waals surface area contributed by atoms with Gasteiger partial charge in [0.15, 0.2) is 0 Å². The summed E-state index contributed by atoms with van der Waals surface area (Å²) in [7, 11) is 0. The maximum atomic E-state index is 5.29. The van der Waals surface area contributed by atoms with E-state index in [4.69, 9.17) is 4.74 Å². The number of hydrogen-bond acceptors (Lipinski definition) is 2. The van der Waals surface area contributed by atoms with Gasteiger partial charge in [-0.1, -0.05) is 15.9 Å². The molecule has 0 saturated carbocycles. The second kappa shape index (κ2) is 4.02. The van der Waals surface area contributed by atoms with Gasteiger partial charge in [0.05, 0.1) is 6.61 Å². The summed E-state index contributed by atoms with van der Waals surface area (Å²) >= 11 is 7.59. The molecule has 0 bridgehead atoms. The van der Waals surface area contributed by atoms with Crippen molar-refractivity contribution in [3.05, 3.63) is 22.7 Å². The molecule has 0 saturated heterocycles. The van der Waals surface area contributed by atoms with Crippen LogP contribution in [0.4, 0.5) is 0 Å².